The molecule has 0 radical (unpaired) electrons. The zero-order valence-electron chi connectivity index (χ0n) is 17.2. The van der Waals surface area contributed by atoms with Crippen molar-refractivity contribution in [2.24, 2.45) is 0 Å². The number of aromatic carboxylic acids is 1. The minimum absolute atomic E-state index is 0. The van der Waals surface area contributed by atoms with E-state index in [9.17, 15) is 9.90 Å². The fourth-order valence-electron chi connectivity index (χ4n) is 3.35. The van der Waals surface area contributed by atoms with E-state index in [1.807, 2.05) is 73.0 Å². The van der Waals surface area contributed by atoms with E-state index in [1.54, 1.807) is 23.5 Å². The third-order valence-corrected chi connectivity index (χ3v) is 6.02. The molecule has 3 nitrogen and oxygen atoms in total. The van der Waals surface area contributed by atoms with Crippen molar-refractivity contribution in [1.82, 2.24) is 0 Å². The molecule has 1 heterocycles. The van der Waals surface area contributed by atoms with Crippen LogP contribution in [-0.4, -0.2) is 5.97 Å². The van der Waals surface area contributed by atoms with Crippen molar-refractivity contribution in [3.05, 3.63) is 99.9 Å². The van der Waals surface area contributed by atoms with Crippen molar-refractivity contribution in [2.45, 2.75) is 13.5 Å². The van der Waals surface area contributed by atoms with Gasteiger partial charge in [-0.15, -0.1) is 11.3 Å². The summed E-state index contributed by atoms with van der Waals surface area (Å²) >= 11 is 7.91. The van der Waals surface area contributed by atoms with Crippen LogP contribution in [0.1, 0.15) is 21.5 Å². The van der Waals surface area contributed by atoms with Crippen molar-refractivity contribution >= 4 is 28.9 Å². The number of hydrogen-bond donors (Lipinski definition) is 0. The molecule has 4 rings (SSSR count). The van der Waals surface area contributed by atoms with E-state index < -0.39 is 5.97 Å². The second-order valence-corrected chi connectivity index (χ2v) is 8.25. The van der Waals surface area contributed by atoms with Gasteiger partial charge in [0.1, 0.15) is 12.4 Å². The Morgan fingerprint density at radius 3 is 2.45 bits per heavy atom. The average molecular weight is 457 g/mol. The number of carbonyl (C=O) groups excluding carboxylic acids is 1. The maximum atomic E-state index is 11.2. The van der Waals surface area contributed by atoms with Crippen LogP contribution in [0.2, 0.25) is 5.02 Å². The number of carbonyl (C=O) groups is 1. The third kappa shape index (κ3) is 5.40. The van der Waals surface area contributed by atoms with Gasteiger partial charge in [0, 0.05) is 21.0 Å². The van der Waals surface area contributed by atoms with Crippen molar-refractivity contribution < 1.29 is 44.2 Å². The molecule has 0 aliphatic rings. The molecule has 0 saturated heterocycles. The first-order valence-corrected chi connectivity index (χ1v) is 10.6. The Morgan fingerprint density at radius 2 is 1.74 bits per heavy atom. The van der Waals surface area contributed by atoms with Crippen molar-refractivity contribution in [3.63, 3.8) is 0 Å². The van der Waals surface area contributed by atoms with Gasteiger partial charge in [0.2, 0.25) is 0 Å². The maximum Gasteiger partial charge on any atom is 1.00 e. The smallest absolute Gasteiger partial charge is 0.545 e. The summed E-state index contributed by atoms with van der Waals surface area (Å²) in [6.45, 7) is 2.35. The van der Waals surface area contributed by atoms with Crippen LogP contribution in [0.15, 0.2) is 78.2 Å². The molecule has 0 saturated carbocycles. The Kier molecular flexibility index (Phi) is 7.98. The molecule has 0 aliphatic heterocycles. The van der Waals surface area contributed by atoms with Gasteiger partial charge in [-0.25, -0.2) is 0 Å². The number of aryl methyl sites for hydroxylation is 1. The third-order valence-electron chi connectivity index (χ3n) is 4.84. The molecule has 0 unspecified atom stereocenters. The molecule has 31 heavy (non-hydrogen) atoms. The van der Waals surface area contributed by atoms with Crippen LogP contribution in [0.3, 0.4) is 0 Å². The van der Waals surface area contributed by atoms with Gasteiger partial charge in [-0.05, 0) is 64.9 Å². The van der Waals surface area contributed by atoms with Crippen molar-refractivity contribution in [1.29, 1.82) is 0 Å². The van der Waals surface area contributed by atoms with Gasteiger partial charge >= 0.3 is 29.6 Å². The maximum absolute atomic E-state index is 11.2. The molecular formula is C25H18ClNaO3S. The fourth-order valence-corrected chi connectivity index (χ4v) is 4.52. The second kappa shape index (κ2) is 10.5. The normalized spacial score (nSPS) is 10.4. The first kappa shape index (κ1) is 23.6. The topological polar surface area (TPSA) is 49.4 Å². The number of halogens is 1. The zero-order valence-corrected chi connectivity index (χ0v) is 20.8. The van der Waals surface area contributed by atoms with E-state index >= 15 is 0 Å². The van der Waals surface area contributed by atoms with Crippen LogP contribution >= 0.6 is 22.9 Å². The van der Waals surface area contributed by atoms with Gasteiger partial charge in [0.15, 0.2) is 0 Å². The number of carboxylic acid groups (broad SMARTS) is 1. The standard InChI is InChI=1S/C25H19ClO3S.Na/c1-16-13-18(25(27)28)7-9-20(16)24-21(11-12-30-24)22-14-19(26)8-10-23(22)29-15-17-5-3-2-4-6-17;/h2-14H,15H2,1H3,(H,27,28);/q;+1/p-1. The molecule has 0 amide bonds. The summed E-state index contributed by atoms with van der Waals surface area (Å²) < 4.78 is 6.13. The fraction of sp³-hybridized carbons (Fsp3) is 0.0800. The van der Waals surface area contributed by atoms with Crippen LogP contribution < -0.4 is 39.4 Å². The molecule has 4 aromatic rings. The number of benzene rings is 3. The van der Waals surface area contributed by atoms with Gasteiger partial charge in [-0.1, -0.05) is 54.1 Å². The van der Waals surface area contributed by atoms with Crippen LogP contribution in [0, 0.1) is 6.92 Å². The van der Waals surface area contributed by atoms with E-state index in [2.05, 4.69) is 0 Å². The predicted molar refractivity (Wildman–Crippen MR) is 120 cm³/mol. The van der Waals surface area contributed by atoms with E-state index in [-0.39, 0.29) is 35.1 Å². The van der Waals surface area contributed by atoms with Gasteiger partial charge in [-0.3, -0.25) is 0 Å². The molecule has 0 spiro atoms. The van der Waals surface area contributed by atoms with Crippen molar-refractivity contribution in [2.75, 3.05) is 0 Å². The number of hydrogen-bond acceptors (Lipinski definition) is 4. The number of thiophene rings is 1. The first-order chi connectivity index (χ1) is 14.5. The number of carboxylic acids is 1. The molecule has 3 aromatic carbocycles. The van der Waals surface area contributed by atoms with Crippen LogP contribution in [0.4, 0.5) is 0 Å². The summed E-state index contributed by atoms with van der Waals surface area (Å²) in [7, 11) is 0. The number of ether oxygens (including phenoxy) is 1. The first-order valence-electron chi connectivity index (χ1n) is 9.39. The van der Waals surface area contributed by atoms with Gasteiger partial charge < -0.3 is 14.6 Å². The average Bonchev–Trinajstić information content (AvgIpc) is 3.22. The summed E-state index contributed by atoms with van der Waals surface area (Å²) in [4.78, 5) is 12.2. The van der Waals surface area contributed by atoms with Crippen LogP contribution in [0.25, 0.3) is 21.6 Å². The Hall–Kier alpha value is -2.08. The summed E-state index contributed by atoms with van der Waals surface area (Å²) in [5.74, 6) is -0.436. The van der Waals surface area contributed by atoms with E-state index in [1.165, 1.54) is 0 Å². The molecule has 0 fully saturated rings. The summed E-state index contributed by atoms with van der Waals surface area (Å²) in [6, 6.07) is 22.7. The van der Waals surface area contributed by atoms with E-state index in [0.717, 1.165) is 38.4 Å². The predicted octanol–water partition coefficient (Wildman–Crippen LogP) is 2.99. The second-order valence-electron chi connectivity index (χ2n) is 6.90. The molecule has 0 bridgehead atoms. The molecule has 150 valence electrons. The molecule has 0 aliphatic carbocycles. The number of rotatable bonds is 6. The molecule has 1 aromatic heterocycles. The SMILES string of the molecule is Cc1cc(C(=O)[O-])ccc1-c1sccc1-c1cc(Cl)ccc1OCc1ccccc1.[Na+]. The zero-order chi connectivity index (χ0) is 21.1. The summed E-state index contributed by atoms with van der Waals surface area (Å²) in [5, 5.41) is 13.8. The van der Waals surface area contributed by atoms with Gasteiger partial charge in [0.25, 0.3) is 0 Å². The van der Waals surface area contributed by atoms with E-state index in [0.29, 0.717) is 11.6 Å². The summed E-state index contributed by atoms with van der Waals surface area (Å²) in [5.41, 5.74) is 4.99. The van der Waals surface area contributed by atoms with Gasteiger partial charge in [0.05, 0.1) is 5.97 Å². The monoisotopic (exact) mass is 456 g/mol. The molecular weight excluding hydrogens is 439 g/mol. The van der Waals surface area contributed by atoms with E-state index in [4.69, 9.17) is 16.3 Å². The Bertz CT molecular complexity index is 1200. The van der Waals surface area contributed by atoms with Crippen molar-refractivity contribution in [3.8, 4) is 27.3 Å². The molecule has 0 N–H and O–H groups in total. The minimum atomic E-state index is -1.18. The molecule has 6 heteroatoms. The quantitative estimate of drug-likeness (QED) is 0.419. The Labute approximate surface area is 212 Å². The minimum Gasteiger partial charge on any atom is -0.545 e. The molecule has 0 atom stereocenters. The van der Waals surface area contributed by atoms with Crippen LogP contribution in [0.5, 0.6) is 5.75 Å². The van der Waals surface area contributed by atoms with Crippen LogP contribution in [-0.2, 0) is 6.61 Å². The summed E-state index contributed by atoms with van der Waals surface area (Å²) in [6.07, 6.45) is 0. The Morgan fingerprint density at radius 1 is 0.968 bits per heavy atom. The van der Waals surface area contributed by atoms with Gasteiger partial charge in [-0.2, -0.15) is 0 Å². The Balaban J connectivity index is 0.00000272. The largest absolute Gasteiger partial charge is 1.00 e.